The van der Waals surface area contributed by atoms with E-state index in [2.05, 4.69) is 58.7 Å². The normalized spacial score (nSPS) is 21.6. The molecular weight excluding hydrogens is 232 g/mol. The largest absolute Gasteiger partial charge is 0.312 e. The monoisotopic (exact) mass is 268 g/mol. The minimum atomic E-state index is 0.244. The molecule has 1 atom stereocenters. The summed E-state index contributed by atoms with van der Waals surface area (Å²) in [4.78, 5) is 2.66. The lowest BCUT2D eigenvalue weighted by Crippen LogP contribution is -2.44. The van der Waals surface area contributed by atoms with E-state index in [1.165, 1.54) is 32.5 Å². The minimum Gasteiger partial charge on any atom is -0.312 e. The maximum absolute atomic E-state index is 3.62. The molecule has 1 saturated heterocycles. The van der Waals surface area contributed by atoms with Crippen molar-refractivity contribution in [3.8, 4) is 0 Å². The van der Waals surface area contributed by atoms with Crippen molar-refractivity contribution in [2.45, 2.75) is 66.8 Å². The summed E-state index contributed by atoms with van der Waals surface area (Å²) < 4.78 is 0. The zero-order valence-corrected chi connectivity index (χ0v) is 14.3. The molecule has 0 bridgehead atoms. The summed E-state index contributed by atoms with van der Waals surface area (Å²) >= 11 is 0. The van der Waals surface area contributed by atoms with Gasteiger partial charge in [0, 0.05) is 12.1 Å². The molecule has 1 heterocycles. The third-order valence-electron chi connectivity index (χ3n) is 4.36. The predicted molar refractivity (Wildman–Crippen MR) is 85.5 cm³/mol. The molecule has 0 aromatic rings. The van der Waals surface area contributed by atoms with Gasteiger partial charge in [-0.25, -0.2) is 0 Å². The Labute approximate surface area is 121 Å². The quantitative estimate of drug-likeness (QED) is 0.835. The van der Waals surface area contributed by atoms with Gasteiger partial charge in [0.05, 0.1) is 0 Å². The van der Waals surface area contributed by atoms with E-state index < -0.39 is 0 Å². The van der Waals surface area contributed by atoms with Gasteiger partial charge in [-0.05, 0) is 70.5 Å². The Hall–Kier alpha value is -0.0800. The number of nitrogens with one attached hydrogen (secondary N) is 1. The molecule has 1 rings (SSSR count). The third-order valence-corrected chi connectivity index (χ3v) is 4.36. The second kappa shape index (κ2) is 6.58. The van der Waals surface area contributed by atoms with E-state index in [1.807, 2.05) is 0 Å². The lowest BCUT2D eigenvalue weighted by Gasteiger charge is -2.39. The molecular formula is C17H36N2. The smallest absolute Gasteiger partial charge is 0.00966 e. The predicted octanol–water partition coefficient (Wildman–Crippen LogP) is 3.77. The molecule has 1 aliphatic heterocycles. The summed E-state index contributed by atoms with van der Waals surface area (Å²) in [6, 6.07) is 0. The van der Waals surface area contributed by atoms with Crippen molar-refractivity contribution in [2.24, 2.45) is 17.3 Å². The molecule has 0 saturated carbocycles. The van der Waals surface area contributed by atoms with E-state index in [4.69, 9.17) is 0 Å². The Kier molecular flexibility index (Phi) is 5.88. The number of rotatable bonds is 4. The van der Waals surface area contributed by atoms with Crippen molar-refractivity contribution >= 4 is 0 Å². The molecule has 1 N–H and O–H groups in total. The molecule has 0 aromatic carbocycles. The van der Waals surface area contributed by atoms with E-state index in [-0.39, 0.29) is 5.54 Å². The Morgan fingerprint density at radius 1 is 1.05 bits per heavy atom. The maximum atomic E-state index is 3.62. The van der Waals surface area contributed by atoms with Crippen LogP contribution in [-0.2, 0) is 0 Å². The topological polar surface area (TPSA) is 15.3 Å². The molecule has 1 aliphatic rings. The van der Waals surface area contributed by atoms with Gasteiger partial charge in [0.15, 0.2) is 0 Å². The first-order valence-corrected chi connectivity index (χ1v) is 8.05. The molecule has 0 aromatic heterocycles. The van der Waals surface area contributed by atoms with Crippen LogP contribution in [0.1, 0.15) is 61.3 Å². The van der Waals surface area contributed by atoms with Crippen LogP contribution in [0.2, 0.25) is 0 Å². The molecule has 1 fully saturated rings. The first kappa shape index (κ1) is 17.0. The average Bonchev–Trinajstić information content (AvgIpc) is 2.25. The number of nitrogens with zero attached hydrogens (tertiary/aromatic N) is 1. The van der Waals surface area contributed by atoms with Crippen LogP contribution in [0.15, 0.2) is 0 Å². The molecule has 0 amide bonds. The fourth-order valence-corrected chi connectivity index (χ4v) is 2.97. The van der Waals surface area contributed by atoms with Crippen molar-refractivity contribution in [3.05, 3.63) is 0 Å². The number of hydrogen-bond acceptors (Lipinski definition) is 2. The molecule has 1 unspecified atom stereocenters. The van der Waals surface area contributed by atoms with Crippen LogP contribution in [0.25, 0.3) is 0 Å². The minimum absolute atomic E-state index is 0.244. The Bertz CT molecular complexity index is 251. The standard InChI is InChI=1S/C17H36N2/c1-14(12-18-17(5,6)7)13-19-10-8-15(9-11-19)16(2,3)4/h14-15,18H,8-13H2,1-7H3. The highest BCUT2D eigenvalue weighted by Gasteiger charge is 2.29. The van der Waals surface area contributed by atoms with Gasteiger partial charge >= 0.3 is 0 Å². The average molecular weight is 268 g/mol. The first-order valence-electron chi connectivity index (χ1n) is 8.05. The highest BCUT2D eigenvalue weighted by molar-refractivity contribution is 4.81. The van der Waals surface area contributed by atoms with Crippen LogP contribution in [0, 0.1) is 17.3 Å². The van der Waals surface area contributed by atoms with Crippen molar-refractivity contribution < 1.29 is 0 Å². The van der Waals surface area contributed by atoms with Gasteiger partial charge in [0.2, 0.25) is 0 Å². The molecule has 2 nitrogen and oxygen atoms in total. The summed E-state index contributed by atoms with van der Waals surface area (Å²) in [7, 11) is 0. The molecule has 0 spiro atoms. The summed E-state index contributed by atoms with van der Waals surface area (Å²) in [5.74, 6) is 1.65. The van der Waals surface area contributed by atoms with Gasteiger partial charge in [0.1, 0.15) is 0 Å². The lowest BCUT2D eigenvalue weighted by molar-refractivity contribution is 0.102. The van der Waals surface area contributed by atoms with Crippen LogP contribution >= 0.6 is 0 Å². The zero-order valence-electron chi connectivity index (χ0n) is 14.3. The van der Waals surface area contributed by atoms with Crippen LogP contribution in [0.5, 0.6) is 0 Å². The summed E-state index contributed by atoms with van der Waals surface area (Å²) in [5, 5.41) is 3.62. The van der Waals surface area contributed by atoms with E-state index in [0.717, 1.165) is 18.4 Å². The van der Waals surface area contributed by atoms with Crippen LogP contribution in [0.3, 0.4) is 0 Å². The molecule has 0 radical (unpaired) electrons. The van der Waals surface area contributed by atoms with Crippen LogP contribution in [-0.4, -0.2) is 36.6 Å². The fourth-order valence-electron chi connectivity index (χ4n) is 2.97. The highest BCUT2D eigenvalue weighted by atomic mass is 15.1. The second-order valence-electron chi connectivity index (χ2n) is 8.68. The molecule has 2 heteroatoms. The van der Waals surface area contributed by atoms with E-state index in [1.54, 1.807) is 0 Å². The Morgan fingerprint density at radius 2 is 1.58 bits per heavy atom. The van der Waals surface area contributed by atoms with Gasteiger partial charge < -0.3 is 10.2 Å². The maximum Gasteiger partial charge on any atom is 0.00966 e. The Balaban J connectivity index is 2.25. The summed E-state index contributed by atoms with van der Waals surface area (Å²) in [6.45, 7) is 21.2. The summed E-state index contributed by atoms with van der Waals surface area (Å²) in [5.41, 5.74) is 0.735. The molecule has 0 aliphatic carbocycles. The number of hydrogen-bond donors (Lipinski definition) is 1. The van der Waals surface area contributed by atoms with Gasteiger partial charge in [0.25, 0.3) is 0 Å². The third kappa shape index (κ3) is 6.76. The number of likely N-dealkylation sites (tertiary alicyclic amines) is 1. The fraction of sp³-hybridized carbons (Fsp3) is 1.00. The van der Waals surface area contributed by atoms with Gasteiger partial charge in [-0.1, -0.05) is 27.7 Å². The zero-order chi connectivity index (χ0) is 14.7. The van der Waals surface area contributed by atoms with Crippen LogP contribution < -0.4 is 5.32 Å². The van der Waals surface area contributed by atoms with Gasteiger partial charge in [-0.2, -0.15) is 0 Å². The van der Waals surface area contributed by atoms with Gasteiger partial charge in [-0.15, -0.1) is 0 Å². The van der Waals surface area contributed by atoms with Crippen LogP contribution in [0.4, 0.5) is 0 Å². The Morgan fingerprint density at radius 3 is 2.00 bits per heavy atom. The van der Waals surface area contributed by atoms with Crippen molar-refractivity contribution in [2.75, 3.05) is 26.2 Å². The van der Waals surface area contributed by atoms with Gasteiger partial charge in [-0.3, -0.25) is 0 Å². The molecule has 114 valence electrons. The van der Waals surface area contributed by atoms with E-state index in [0.29, 0.717) is 5.41 Å². The van der Waals surface area contributed by atoms with Crippen molar-refractivity contribution in [1.82, 2.24) is 10.2 Å². The SMILES string of the molecule is CC(CNC(C)(C)C)CN1CCC(C(C)(C)C)CC1. The van der Waals surface area contributed by atoms with E-state index >= 15 is 0 Å². The lowest BCUT2D eigenvalue weighted by atomic mass is 9.75. The van der Waals surface area contributed by atoms with E-state index in [9.17, 15) is 0 Å². The highest BCUT2D eigenvalue weighted by Crippen LogP contribution is 2.34. The van der Waals surface area contributed by atoms with Crippen molar-refractivity contribution in [3.63, 3.8) is 0 Å². The first-order chi connectivity index (χ1) is 8.58. The second-order valence-corrected chi connectivity index (χ2v) is 8.68. The summed E-state index contributed by atoms with van der Waals surface area (Å²) in [6.07, 6.45) is 2.76. The number of piperidine rings is 1. The molecule has 19 heavy (non-hydrogen) atoms. The van der Waals surface area contributed by atoms with Crippen molar-refractivity contribution in [1.29, 1.82) is 0 Å².